The average Bonchev–Trinajstić information content (AvgIpc) is 2.84. The standard InChI is InChI=1S/C17H16Cl2N2/c1-11-5-3-4-6-14(11)12(2)21-16-9-13(19)7-8-15(16)20-17(21)10-18/h3-9,12H,10H2,1-2H3. The van der Waals surface area contributed by atoms with E-state index in [1.807, 2.05) is 18.2 Å². The van der Waals surface area contributed by atoms with Gasteiger partial charge in [-0.1, -0.05) is 35.9 Å². The molecule has 4 heteroatoms. The normalized spacial score (nSPS) is 12.8. The Kier molecular flexibility index (Phi) is 3.92. The van der Waals surface area contributed by atoms with E-state index in [0.29, 0.717) is 10.9 Å². The molecule has 0 aliphatic carbocycles. The van der Waals surface area contributed by atoms with Gasteiger partial charge in [0, 0.05) is 5.02 Å². The average molecular weight is 319 g/mol. The summed E-state index contributed by atoms with van der Waals surface area (Å²) >= 11 is 12.2. The molecule has 2 aromatic carbocycles. The molecule has 1 unspecified atom stereocenters. The monoisotopic (exact) mass is 318 g/mol. The van der Waals surface area contributed by atoms with Crippen LogP contribution in [0.5, 0.6) is 0 Å². The van der Waals surface area contributed by atoms with E-state index in [9.17, 15) is 0 Å². The summed E-state index contributed by atoms with van der Waals surface area (Å²) in [6.07, 6.45) is 0. The second-order valence-corrected chi connectivity index (χ2v) is 5.90. The molecular formula is C17H16Cl2N2. The van der Waals surface area contributed by atoms with Crippen molar-refractivity contribution in [2.24, 2.45) is 0 Å². The molecule has 1 heterocycles. The molecule has 0 aliphatic heterocycles. The van der Waals surface area contributed by atoms with E-state index in [1.165, 1.54) is 11.1 Å². The second-order valence-electron chi connectivity index (χ2n) is 5.20. The fraction of sp³-hybridized carbons (Fsp3) is 0.235. The number of halogens is 2. The zero-order valence-corrected chi connectivity index (χ0v) is 13.5. The summed E-state index contributed by atoms with van der Waals surface area (Å²) in [4.78, 5) is 4.62. The first kappa shape index (κ1) is 14.4. The van der Waals surface area contributed by atoms with Crippen molar-refractivity contribution < 1.29 is 0 Å². The molecule has 0 radical (unpaired) electrons. The summed E-state index contributed by atoms with van der Waals surface area (Å²) in [7, 11) is 0. The lowest BCUT2D eigenvalue weighted by molar-refractivity contribution is 0.630. The van der Waals surface area contributed by atoms with E-state index in [0.717, 1.165) is 16.9 Å². The Bertz CT molecular complexity index is 793. The van der Waals surface area contributed by atoms with Crippen molar-refractivity contribution in [3.05, 3.63) is 64.4 Å². The van der Waals surface area contributed by atoms with Crippen LogP contribution in [0, 0.1) is 6.92 Å². The number of aryl methyl sites for hydroxylation is 1. The Labute approximate surface area is 134 Å². The van der Waals surface area contributed by atoms with Crippen molar-refractivity contribution in [3.63, 3.8) is 0 Å². The number of benzene rings is 2. The van der Waals surface area contributed by atoms with Gasteiger partial charge >= 0.3 is 0 Å². The summed E-state index contributed by atoms with van der Waals surface area (Å²) in [6.45, 7) is 4.29. The van der Waals surface area contributed by atoms with E-state index in [2.05, 4.69) is 47.7 Å². The summed E-state index contributed by atoms with van der Waals surface area (Å²) in [6, 6.07) is 14.3. The van der Waals surface area contributed by atoms with Gasteiger partial charge in [0.2, 0.25) is 0 Å². The molecule has 0 saturated carbocycles. The molecule has 0 saturated heterocycles. The van der Waals surface area contributed by atoms with Crippen molar-refractivity contribution in [2.75, 3.05) is 0 Å². The molecular weight excluding hydrogens is 303 g/mol. The SMILES string of the molecule is Cc1ccccc1C(C)n1c(CCl)nc2ccc(Cl)cc21. The highest BCUT2D eigenvalue weighted by molar-refractivity contribution is 6.31. The van der Waals surface area contributed by atoms with Crippen LogP contribution in [0.25, 0.3) is 11.0 Å². The van der Waals surface area contributed by atoms with Crippen LogP contribution in [0.4, 0.5) is 0 Å². The molecule has 0 aliphatic rings. The molecule has 21 heavy (non-hydrogen) atoms. The zero-order chi connectivity index (χ0) is 15.0. The number of hydrogen-bond acceptors (Lipinski definition) is 1. The third-order valence-corrected chi connectivity index (χ3v) is 4.34. The fourth-order valence-electron chi connectivity index (χ4n) is 2.84. The van der Waals surface area contributed by atoms with Crippen LogP contribution in [-0.2, 0) is 5.88 Å². The van der Waals surface area contributed by atoms with Gasteiger partial charge in [-0.2, -0.15) is 0 Å². The summed E-state index contributed by atoms with van der Waals surface area (Å²) in [5, 5.41) is 0.710. The number of aromatic nitrogens is 2. The molecule has 1 aromatic heterocycles. The third-order valence-electron chi connectivity index (χ3n) is 3.87. The number of alkyl halides is 1. The first-order valence-electron chi connectivity index (χ1n) is 6.89. The Hall–Kier alpha value is -1.51. The van der Waals surface area contributed by atoms with E-state index in [1.54, 1.807) is 0 Å². The molecule has 0 amide bonds. The highest BCUT2D eigenvalue weighted by Gasteiger charge is 2.18. The van der Waals surface area contributed by atoms with Gasteiger partial charge in [0.15, 0.2) is 0 Å². The maximum absolute atomic E-state index is 6.15. The van der Waals surface area contributed by atoms with Crippen molar-refractivity contribution in [3.8, 4) is 0 Å². The number of hydrogen-bond donors (Lipinski definition) is 0. The lowest BCUT2D eigenvalue weighted by Crippen LogP contribution is -2.11. The topological polar surface area (TPSA) is 17.8 Å². The first-order valence-corrected chi connectivity index (χ1v) is 7.81. The van der Waals surface area contributed by atoms with E-state index >= 15 is 0 Å². The van der Waals surface area contributed by atoms with Gasteiger partial charge in [-0.15, -0.1) is 11.6 Å². The highest BCUT2D eigenvalue weighted by atomic mass is 35.5. The lowest BCUT2D eigenvalue weighted by Gasteiger charge is -2.19. The third kappa shape index (κ3) is 2.54. The lowest BCUT2D eigenvalue weighted by atomic mass is 10.0. The number of imidazole rings is 1. The Morgan fingerprint density at radius 3 is 2.67 bits per heavy atom. The molecule has 0 spiro atoms. The predicted octanol–water partition coefficient (Wildman–Crippen LogP) is 5.35. The quantitative estimate of drug-likeness (QED) is 0.595. The molecule has 3 aromatic rings. The van der Waals surface area contributed by atoms with Gasteiger partial charge in [-0.25, -0.2) is 4.98 Å². The molecule has 0 N–H and O–H groups in total. The number of rotatable bonds is 3. The molecule has 0 bridgehead atoms. The van der Waals surface area contributed by atoms with Crippen LogP contribution in [0.15, 0.2) is 42.5 Å². The minimum atomic E-state index is 0.156. The van der Waals surface area contributed by atoms with Crippen molar-refractivity contribution in [2.45, 2.75) is 25.8 Å². The van der Waals surface area contributed by atoms with E-state index in [4.69, 9.17) is 23.2 Å². The maximum atomic E-state index is 6.15. The van der Waals surface area contributed by atoms with Gasteiger partial charge in [0.1, 0.15) is 5.82 Å². The van der Waals surface area contributed by atoms with Crippen molar-refractivity contribution in [1.29, 1.82) is 0 Å². The molecule has 1 atom stereocenters. The summed E-state index contributed by atoms with van der Waals surface area (Å²) in [5.41, 5.74) is 4.47. The molecule has 108 valence electrons. The van der Waals surface area contributed by atoms with E-state index < -0.39 is 0 Å². The van der Waals surface area contributed by atoms with E-state index in [-0.39, 0.29) is 6.04 Å². The van der Waals surface area contributed by atoms with Crippen LogP contribution in [0.3, 0.4) is 0 Å². The Morgan fingerprint density at radius 2 is 1.95 bits per heavy atom. The summed E-state index contributed by atoms with van der Waals surface area (Å²) < 4.78 is 2.18. The molecule has 3 rings (SSSR count). The van der Waals surface area contributed by atoms with Gasteiger partial charge in [-0.3, -0.25) is 0 Å². The van der Waals surface area contributed by atoms with Crippen LogP contribution in [-0.4, -0.2) is 9.55 Å². The number of nitrogens with zero attached hydrogens (tertiary/aromatic N) is 2. The zero-order valence-electron chi connectivity index (χ0n) is 12.0. The molecule has 0 fully saturated rings. The summed E-state index contributed by atoms with van der Waals surface area (Å²) in [5.74, 6) is 1.24. The van der Waals surface area contributed by atoms with Gasteiger partial charge < -0.3 is 4.57 Å². The fourth-order valence-corrected chi connectivity index (χ4v) is 3.19. The van der Waals surface area contributed by atoms with Crippen LogP contribution in [0.2, 0.25) is 5.02 Å². The first-order chi connectivity index (χ1) is 10.1. The van der Waals surface area contributed by atoms with Crippen molar-refractivity contribution in [1.82, 2.24) is 9.55 Å². The molecule has 2 nitrogen and oxygen atoms in total. The van der Waals surface area contributed by atoms with Crippen LogP contribution < -0.4 is 0 Å². The van der Waals surface area contributed by atoms with Gasteiger partial charge in [0.25, 0.3) is 0 Å². The largest absolute Gasteiger partial charge is 0.320 e. The number of fused-ring (bicyclic) bond motifs is 1. The smallest absolute Gasteiger partial charge is 0.125 e. The maximum Gasteiger partial charge on any atom is 0.125 e. The second kappa shape index (κ2) is 5.70. The van der Waals surface area contributed by atoms with Crippen LogP contribution in [0.1, 0.15) is 29.9 Å². The predicted molar refractivity (Wildman–Crippen MR) is 89.3 cm³/mol. The Morgan fingerprint density at radius 1 is 1.19 bits per heavy atom. The van der Waals surface area contributed by atoms with Crippen molar-refractivity contribution >= 4 is 34.2 Å². The minimum absolute atomic E-state index is 0.156. The van der Waals surface area contributed by atoms with Gasteiger partial charge in [0.05, 0.1) is 23.0 Å². The van der Waals surface area contributed by atoms with Crippen LogP contribution >= 0.6 is 23.2 Å². The Balaban J connectivity index is 2.23. The minimum Gasteiger partial charge on any atom is -0.320 e. The highest BCUT2D eigenvalue weighted by Crippen LogP contribution is 2.29. The van der Waals surface area contributed by atoms with Gasteiger partial charge in [-0.05, 0) is 43.2 Å².